The van der Waals surface area contributed by atoms with Gasteiger partial charge in [-0.05, 0) is 36.2 Å². The summed E-state index contributed by atoms with van der Waals surface area (Å²) in [6.07, 6.45) is 4.91. The molecule has 24 heavy (non-hydrogen) atoms. The van der Waals surface area contributed by atoms with Crippen LogP contribution in [0.1, 0.15) is 5.56 Å². The highest BCUT2D eigenvalue weighted by atomic mass is 127. The van der Waals surface area contributed by atoms with Gasteiger partial charge >= 0.3 is 0 Å². The van der Waals surface area contributed by atoms with E-state index >= 15 is 0 Å². The van der Waals surface area contributed by atoms with Gasteiger partial charge in [-0.1, -0.05) is 17.7 Å². The van der Waals surface area contributed by atoms with Crippen LogP contribution < -0.4 is 15.4 Å². The molecule has 0 unspecified atom stereocenters. The molecule has 0 aliphatic heterocycles. The lowest BCUT2D eigenvalue weighted by Gasteiger charge is -2.13. The van der Waals surface area contributed by atoms with E-state index in [1.54, 1.807) is 14.2 Å². The Bertz CT molecular complexity index is 632. The Morgan fingerprint density at radius 3 is 2.54 bits per heavy atom. The van der Waals surface area contributed by atoms with Crippen LogP contribution in [-0.4, -0.2) is 37.8 Å². The second-order valence-corrected chi connectivity index (χ2v) is 5.46. The van der Waals surface area contributed by atoms with Crippen LogP contribution in [0.2, 0.25) is 5.02 Å². The number of aromatic nitrogens is 1. The average Bonchev–Trinajstić information content (AvgIpc) is 3.08. The Morgan fingerprint density at radius 2 is 1.92 bits per heavy atom. The summed E-state index contributed by atoms with van der Waals surface area (Å²) in [6, 6.07) is 9.79. The Hall–Kier alpha value is -1.41. The third-order valence-corrected chi connectivity index (χ3v) is 3.85. The van der Waals surface area contributed by atoms with Gasteiger partial charge in [-0.3, -0.25) is 4.99 Å². The van der Waals surface area contributed by atoms with Gasteiger partial charge in [-0.25, -0.2) is 0 Å². The van der Waals surface area contributed by atoms with Crippen molar-refractivity contribution in [2.45, 2.75) is 13.0 Å². The van der Waals surface area contributed by atoms with Gasteiger partial charge in [0.15, 0.2) is 5.96 Å². The predicted octanol–water partition coefficient (Wildman–Crippen LogP) is 3.18. The molecule has 7 heteroatoms. The zero-order chi connectivity index (χ0) is 16.5. The van der Waals surface area contributed by atoms with Gasteiger partial charge in [0.1, 0.15) is 5.75 Å². The quantitative estimate of drug-likeness (QED) is 0.377. The van der Waals surface area contributed by atoms with Gasteiger partial charge in [0.2, 0.25) is 0 Å². The van der Waals surface area contributed by atoms with Crippen molar-refractivity contribution in [2.75, 3.05) is 27.2 Å². The summed E-state index contributed by atoms with van der Waals surface area (Å²) < 4.78 is 7.28. The van der Waals surface area contributed by atoms with Crippen molar-refractivity contribution in [1.82, 2.24) is 15.2 Å². The molecule has 0 saturated heterocycles. The zero-order valence-corrected chi connectivity index (χ0v) is 17.0. The Kier molecular flexibility index (Phi) is 9.63. The number of aliphatic imine (C=N–C) groups is 1. The normalized spacial score (nSPS) is 10.9. The van der Waals surface area contributed by atoms with Gasteiger partial charge in [0.05, 0.1) is 7.11 Å². The monoisotopic (exact) mass is 462 g/mol. The first kappa shape index (κ1) is 20.6. The van der Waals surface area contributed by atoms with E-state index < -0.39 is 0 Å². The molecule has 0 radical (unpaired) electrons. The molecule has 2 rings (SSSR count). The number of methoxy groups -OCH3 is 1. The molecule has 0 aliphatic rings. The number of guanidine groups is 1. The summed E-state index contributed by atoms with van der Waals surface area (Å²) in [5.41, 5.74) is 1.09. The van der Waals surface area contributed by atoms with E-state index in [2.05, 4.69) is 20.2 Å². The van der Waals surface area contributed by atoms with Crippen molar-refractivity contribution < 1.29 is 4.74 Å². The summed E-state index contributed by atoms with van der Waals surface area (Å²) in [5, 5.41) is 7.31. The Labute approximate surface area is 165 Å². The van der Waals surface area contributed by atoms with Gasteiger partial charge in [-0.2, -0.15) is 0 Å². The number of benzene rings is 1. The Morgan fingerprint density at radius 1 is 1.21 bits per heavy atom. The van der Waals surface area contributed by atoms with E-state index in [4.69, 9.17) is 16.3 Å². The summed E-state index contributed by atoms with van der Waals surface area (Å²) in [4.78, 5) is 4.22. The summed E-state index contributed by atoms with van der Waals surface area (Å²) >= 11 is 6.24. The topological polar surface area (TPSA) is 50.6 Å². The third kappa shape index (κ3) is 6.60. The molecule has 0 aliphatic carbocycles. The van der Waals surface area contributed by atoms with Gasteiger partial charge in [-0.15, -0.1) is 24.0 Å². The van der Waals surface area contributed by atoms with Crippen molar-refractivity contribution in [3.63, 3.8) is 0 Å². The number of hydrogen-bond donors (Lipinski definition) is 2. The van der Waals surface area contributed by atoms with E-state index in [0.29, 0.717) is 0 Å². The fraction of sp³-hybridized carbons (Fsp3) is 0.353. The van der Waals surface area contributed by atoms with E-state index in [9.17, 15) is 0 Å². The van der Waals surface area contributed by atoms with Crippen LogP contribution in [-0.2, 0) is 13.0 Å². The molecule has 1 aromatic heterocycles. The lowest BCUT2D eigenvalue weighted by atomic mass is 10.1. The van der Waals surface area contributed by atoms with Crippen LogP contribution >= 0.6 is 35.6 Å². The first-order valence-corrected chi connectivity index (χ1v) is 7.98. The van der Waals surface area contributed by atoms with Crippen LogP contribution in [0.15, 0.2) is 47.7 Å². The lowest BCUT2D eigenvalue weighted by molar-refractivity contribution is 0.414. The SMILES string of the molecule is CN=C(NCCc1ccc(OC)cc1Cl)NCCn1cccc1.I. The summed E-state index contributed by atoms with van der Waals surface area (Å²) in [7, 11) is 3.40. The smallest absolute Gasteiger partial charge is 0.191 e. The van der Waals surface area contributed by atoms with E-state index in [1.165, 1.54) is 0 Å². The fourth-order valence-electron chi connectivity index (χ4n) is 2.22. The molecule has 0 amide bonds. The molecule has 2 N–H and O–H groups in total. The number of rotatable bonds is 7. The van der Waals surface area contributed by atoms with Crippen molar-refractivity contribution >= 4 is 41.5 Å². The van der Waals surface area contributed by atoms with Crippen LogP contribution in [0, 0.1) is 0 Å². The first-order valence-electron chi connectivity index (χ1n) is 7.60. The highest BCUT2D eigenvalue weighted by Gasteiger charge is 2.03. The van der Waals surface area contributed by atoms with Crippen molar-refractivity contribution in [1.29, 1.82) is 0 Å². The molecule has 0 spiro atoms. The molecular weight excluding hydrogens is 439 g/mol. The molecule has 0 bridgehead atoms. The van der Waals surface area contributed by atoms with Gasteiger partial charge < -0.3 is 19.9 Å². The minimum absolute atomic E-state index is 0. The molecular formula is C17H24ClIN4O. The van der Waals surface area contributed by atoms with Crippen molar-refractivity contribution in [2.24, 2.45) is 4.99 Å². The highest BCUT2D eigenvalue weighted by molar-refractivity contribution is 14.0. The van der Waals surface area contributed by atoms with Gasteiger partial charge in [0, 0.05) is 44.1 Å². The molecule has 0 saturated carbocycles. The standard InChI is InChI=1S/C17H23ClN4O.HI/c1-19-17(21-9-12-22-10-3-4-11-22)20-8-7-14-5-6-15(23-2)13-16(14)18;/h3-6,10-11,13H,7-9,12H2,1-2H3,(H2,19,20,21);1H. The van der Waals surface area contributed by atoms with Crippen LogP contribution in [0.5, 0.6) is 5.75 Å². The van der Waals surface area contributed by atoms with Crippen LogP contribution in [0.25, 0.3) is 0 Å². The van der Waals surface area contributed by atoms with E-state index in [1.807, 2.05) is 42.7 Å². The minimum Gasteiger partial charge on any atom is -0.497 e. The fourth-order valence-corrected chi connectivity index (χ4v) is 2.48. The maximum Gasteiger partial charge on any atom is 0.191 e. The Balaban J connectivity index is 0.00000288. The number of halogens is 2. The number of ether oxygens (including phenoxy) is 1. The van der Waals surface area contributed by atoms with Crippen LogP contribution in [0.4, 0.5) is 0 Å². The summed E-state index contributed by atoms with van der Waals surface area (Å²) in [6.45, 7) is 2.48. The number of nitrogens with zero attached hydrogens (tertiary/aromatic N) is 2. The second-order valence-electron chi connectivity index (χ2n) is 5.05. The zero-order valence-electron chi connectivity index (χ0n) is 14.0. The molecule has 0 atom stereocenters. The molecule has 5 nitrogen and oxygen atoms in total. The average molecular weight is 463 g/mol. The maximum atomic E-state index is 6.24. The number of nitrogens with one attached hydrogen (secondary N) is 2. The van der Waals surface area contributed by atoms with E-state index in [0.717, 1.165) is 48.4 Å². The van der Waals surface area contributed by atoms with Gasteiger partial charge in [0.25, 0.3) is 0 Å². The molecule has 2 aromatic rings. The predicted molar refractivity (Wildman–Crippen MR) is 111 cm³/mol. The summed E-state index contributed by atoms with van der Waals surface area (Å²) in [5.74, 6) is 1.57. The highest BCUT2D eigenvalue weighted by Crippen LogP contribution is 2.22. The third-order valence-electron chi connectivity index (χ3n) is 3.50. The first-order chi connectivity index (χ1) is 11.2. The maximum absolute atomic E-state index is 6.24. The van der Waals surface area contributed by atoms with Crippen LogP contribution in [0.3, 0.4) is 0 Å². The molecule has 1 aromatic carbocycles. The minimum atomic E-state index is 0. The number of hydrogen-bond acceptors (Lipinski definition) is 2. The molecule has 1 heterocycles. The van der Waals surface area contributed by atoms with Crippen molar-refractivity contribution in [3.8, 4) is 5.75 Å². The largest absolute Gasteiger partial charge is 0.497 e. The second kappa shape index (κ2) is 11.2. The van der Waals surface area contributed by atoms with Crippen molar-refractivity contribution in [3.05, 3.63) is 53.3 Å². The van der Waals surface area contributed by atoms with E-state index in [-0.39, 0.29) is 24.0 Å². The molecule has 132 valence electrons. The molecule has 0 fully saturated rings. The lowest BCUT2D eigenvalue weighted by Crippen LogP contribution is -2.39.